The number of Topliss-reactive ketones (excluding diaryl/α,β-unsaturated/α-hetero) is 1. The van der Waals surface area contributed by atoms with E-state index >= 15 is 0 Å². The van der Waals surface area contributed by atoms with Crippen molar-refractivity contribution in [2.45, 2.75) is 207 Å². The van der Waals surface area contributed by atoms with E-state index in [1.54, 1.807) is 6.92 Å². The van der Waals surface area contributed by atoms with Crippen LogP contribution in [0.15, 0.2) is 42.5 Å². The van der Waals surface area contributed by atoms with E-state index in [2.05, 4.69) is 40.7 Å². The van der Waals surface area contributed by atoms with Crippen LogP contribution in [0.1, 0.15) is 152 Å². The predicted octanol–water partition coefficient (Wildman–Crippen LogP) is 9.47. The minimum absolute atomic E-state index is 0.00258. The lowest BCUT2D eigenvalue weighted by molar-refractivity contribution is -0.393. The lowest BCUT2D eigenvalue weighted by atomic mass is 9.72. The van der Waals surface area contributed by atoms with E-state index in [-0.39, 0.29) is 60.3 Å². The number of ether oxygens (including phenoxy) is 6. The molecule has 2 spiro atoms. The molecule has 0 aliphatic carbocycles. The summed E-state index contributed by atoms with van der Waals surface area (Å²) < 4.78 is 39.6. The van der Waals surface area contributed by atoms with Gasteiger partial charge in [0.1, 0.15) is 12.4 Å². The molecule has 16 atom stereocenters. The fourth-order valence-corrected chi connectivity index (χ4v) is 10.7. The third-order valence-electron chi connectivity index (χ3n) is 14.4. The van der Waals surface area contributed by atoms with Gasteiger partial charge in [-0.25, -0.2) is 0 Å². The van der Waals surface area contributed by atoms with Crippen molar-refractivity contribution in [1.82, 2.24) is 0 Å². The number of unbranched alkanes of at least 4 members (excludes halogenated alkanes) is 2. The predicted molar refractivity (Wildman–Crippen MR) is 228 cm³/mol. The summed E-state index contributed by atoms with van der Waals surface area (Å²) in [4.78, 5) is 27.9. The van der Waals surface area contributed by atoms with Crippen LogP contribution in [0, 0.1) is 41.4 Å². The molecule has 0 saturated carbocycles. The molecule has 0 amide bonds. The Kier molecular flexibility index (Phi) is 16.9. The maximum absolute atomic E-state index is 14.6. The summed E-state index contributed by atoms with van der Waals surface area (Å²) in [5.41, 5.74) is 0.295. The Labute approximate surface area is 355 Å². The van der Waals surface area contributed by atoms with Crippen LogP contribution >= 0.6 is 0 Å². The molecule has 1 aromatic rings. The fraction of sp³-hybridized carbons (Fsp3) is 0.796. The Hall–Kier alpha value is -2.18. The number of aliphatic hydroxyl groups is 2. The summed E-state index contributed by atoms with van der Waals surface area (Å²) in [5.74, 6) is -3.93. The summed E-state index contributed by atoms with van der Waals surface area (Å²) in [5, 5.41) is 22.2. The van der Waals surface area contributed by atoms with Crippen molar-refractivity contribution in [3.8, 4) is 0 Å². The molecule has 1 aromatic carbocycles. The highest BCUT2D eigenvalue weighted by Gasteiger charge is 2.59. The van der Waals surface area contributed by atoms with Gasteiger partial charge in [-0.2, -0.15) is 0 Å². The minimum atomic E-state index is -1.08. The van der Waals surface area contributed by atoms with Crippen LogP contribution in [0.3, 0.4) is 0 Å². The largest absolute Gasteiger partial charge is 0.461 e. The van der Waals surface area contributed by atoms with E-state index in [1.165, 1.54) is 0 Å². The molecule has 59 heavy (non-hydrogen) atoms. The number of hydrogen-bond donors (Lipinski definition) is 2. The number of aliphatic hydroxyl groups excluding tert-OH is 2. The van der Waals surface area contributed by atoms with Gasteiger partial charge in [-0.3, -0.25) is 9.59 Å². The first kappa shape index (κ1) is 47.9. The maximum Gasteiger partial charge on any atom is 0.311 e. The average molecular weight is 827 g/mol. The lowest BCUT2D eigenvalue weighted by Gasteiger charge is -2.53. The summed E-state index contributed by atoms with van der Waals surface area (Å²) >= 11 is 0. The number of carbonyl (C=O) groups excluding carboxylic acids is 2. The zero-order chi connectivity index (χ0) is 43.1. The van der Waals surface area contributed by atoms with Gasteiger partial charge in [0.05, 0.1) is 42.0 Å². The standard InChI is InChI=1S/C49H78O10/c1-11-14-16-22-41(55-36(9)50)47(10)27-28-48(58-47)25-19-26-49(59-48)33(6)29-32(5)45(57-49)39(13-3)43(52)34(7)42(51)35(8)44-31(4)23-24-40(56-44)38(12-2)46(53)54-30-37-20-17-15-18-21-37/h15,17-21,26,31-36,38-42,44-45,50-51H,11-14,16,22-25,27-30H2,1-10H3/t31-,32-,33+,34?,35-,36-,38?,39?,40+,41+,42+,44?,45?,47-,48+,49-/m0/s1. The molecule has 10 heteroatoms. The van der Waals surface area contributed by atoms with Crippen LogP contribution in [-0.2, 0) is 44.6 Å². The molecule has 10 nitrogen and oxygen atoms in total. The van der Waals surface area contributed by atoms with Crippen molar-refractivity contribution in [3.05, 3.63) is 48.0 Å². The summed E-state index contributed by atoms with van der Waals surface area (Å²) in [6.45, 7) is 20.4. The number of benzene rings is 1. The highest BCUT2D eigenvalue weighted by Crippen LogP contribution is 2.53. The molecule has 3 fully saturated rings. The summed E-state index contributed by atoms with van der Waals surface area (Å²) in [6, 6.07) is 9.67. The molecular formula is C49H78O10. The fourth-order valence-electron chi connectivity index (χ4n) is 10.7. The Morgan fingerprint density at radius 2 is 1.61 bits per heavy atom. The van der Waals surface area contributed by atoms with Crippen molar-refractivity contribution in [2.75, 3.05) is 0 Å². The topological polar surface area (TPSA) is 130 Å². The SMILES string of the molecule is CCCCC[C@@H](O[C@@H](C)O)[C@]1(C)CC[C@]2(CC=C[C@]3(OC(C(CC)C(=O)C(C)[C@@H](O)[C@H](C)C4O[C@@H](C(CC)C(=O)OCc5ccccc5)CC[C@@H]4C)[C@@H](C)C[C@H]3C)O2)O1. The quantitative estimate of drug-likeness (QED) is 0.0602. The number of ketones is 1. The van der Waals surface area contributed by atoms with Crippen LogP contribution in [0.5, 0.6) is 0 Å². The molecule has 4 heterocycles. The van der Waals surface area contributed by atoms with Gasteiger partial charge in [0.25, 0.3) is 0 Å². The van der Waals surface area contributed by atoms with Crippen molar-refractivity contribution in [3.63, 3.8) is 0 Å². The first-order chi connectivity index (χ1) is 28.0. The van der Waals surface area contributed by atoms with Crippen LogP contribution < -0.4 is 0 Å². The van der Waals surface area contributed by atoms with Crippen molar-refractivity contribution in [2.24, 2.45) is 41.4 Å². The monoisotopic (exact) mass is 827 g/mol. The van der Waals surface area contributed by atoms with Crippen LogP contribution in [-0.4, -0.2) is 76.0 Å². The molecular weight excluding hydrogens is 749 g/mol. The van der Waals surface area contributed by atoms with Gasteiger partial charge in [0.15, 0.2) is 17.9 Å². The van der Waals surface area contributed by atoms with E-state index < -0.39 is 53.4 Å². The number of rotatable bonds is 19. The molecule has 3 saturated heterocycles. The Morgan fingerprint density at radius 1 is 0.898 bits per heavy atom. The molecule has 5 rings (SSSR count). The van der Waals surface area contributed by atoms with E-state index in [1.807, 2.05) is 64.1 Å². The molecule has 334 valence electrons. The van der Waals surface area contributed by atoms with Crippen LogP contribution in [0.4, 0.5) is 0 Å². The summed E-state index contributed by atoms with van der Waals surface area (Å²) in [6.07, 6.45) is 10.4. The third-order valence-corrected chi connectivity index (χ3v) is 14.4. The van der Waals surface area contributed by atoms with Crippen LogP contribution in [0.2, 0.25) is 0 Å². The Balaban J connectivity index is 1.26. The highest BCUT2D eigenvalue weighted by atomic mass is 16.8. The number of carbonyl (C=O) groups is 2. The summed E-state index contributed by atoms with van der Waals surface area (Å²) in [7, 11) is 0. The maximum atomic E-state index is 14.6. The van der Waals surface area contributed by atoms with Gasteiger partial charge in [0, 0.05) is 36.5 Å². The molecule has 0 radical (unpaired) electrons. The van der Waals surface area contributed by atoms with E-state index in [9.17, 15) is 19.8 Å². The normalized spacial score (nSPS) is 35.8. The van der Waals surface area contributed by atoms with Crippen molar-refractivity contribution >= 4 is 11.8 Å². The number of hydrogen-bond acceptors (Lipinski definition) is 10. The molecule has 0 aromatic heterocycles. The van der Waals surface area contributed by atoms with Crippen molar-refractivity contribution < 1.29 is 48.2 Å². The minimum Gasteiger partial charge on any atom is -0.461 e. The molecule has 2 N–H and O–H groups in total. The molecule has 5 unspecified atom stereocenters. The first-order valence-corrected chi connectivity index (χ1v) is 23.2. The Bertz CT molecular complexity index is 1520. The first-order valence-electron chi connectivity index (χ1n) is 23.2. The van der Waals surface area contributed by atoms with Crippen LogP contribution in [0.25, 0.3) is 0 Å². The van der Waals surface area contributed by atoms with Gasteiger partial charge >= 0.3 is 5.97 Å². The smallest absolute Gasteiger partial charge is 0.311 e. The zero-order valence-corrected chi connectivity index (χ0v) is 37.9. The third kappa shape index (κ3) is 11.1. The van der Waals surface area contributed by atoms with E-state index in [0.29, 0.717) is 25.7 Å². The van der Waals surface area contributed by atoms with E-state index in [4.69, 9.17) is 28.4 Å². The highest BCUT2D eigenvalue weighted by molar-refractivity contribution is 5.84. The van der Waals surface area contributed by atoms with Crippen molar-refractivity contribution in [1.29, 1.82) is 0 Å². The second-order valence-electron chi connectivity index (χ2n) is 19.0. The van der Waals surface area contributed by atoms with Gasteiger partial charge in [0.2, 0.25) is 0 Å². The Morgan fingerprint density at radius 3 is 2.27 bits per heavy atom. The second-order valence-corrected chi connectivity index (χ2v) is 19.0. The van der Waals surface area contributed by atoms with E-state index in [0.717, 1.165) is 56.9 Å². The second kappa shape index (κ2) is 20.8. The van der Waals surface area contributed by atoms with Gasteiger partial charge < -0.3 is 38.6 Å². The lowest BCUT2D eigenvalue weighted by Crippen LogP contribution is -2.59. The van der Waals surface area contributed by atoms with Gasteiger partial charge in [-0.05, 0) is 82.3 Å². The molecule has 0 bridgehead atoms. The number of esters is 1. The zero-order valence-electron chi connectivity index (χ0n) is 37.9. The molecule has 4 aliphatic heterocycles. The van der Waals surface area contributed by atoms with Gasteiger partial charge in [-0.1, -0.05) is 111 Å². The average Bonchev–Trinajstić information content (AvgIpc) is 3.54. The molecule has 4 aliphatic rings. The van der Waals surface area contributed by atoms with Gasteiger partial charge in [-0.15, -0.1) is 0 Å².